The SMILES string of the molecule is CCOC(=O)CC1CCc2cnc(OC)cc21. The molecule has 1 aliphatic rings. The minimum Gasteiger partial charge on any atom is -0.481 e. The van der Waals surface area contributed by atoms with Crippen molar-refractivity contribution >= 4 is 5.97 Å². The Bertz CT molecular complexity index is 417. The van der Waals surface area contributed by atoms with Gasteiger partial charge in [0.25, 0.3) is 0 Å². The highest BCUT2D eigenvalue weighted by atomic mass is 16.5. The van der Waals surface area contributed by atoms with E-state index in [-0.39, 0.29) is 11.9 Å². The average Bonchev–Trinajstić information content (AvgIpc) is 2.72. The van der Waals surface area contributed by atoms with Crippen LogP contribution in [0.15, 0.2) is 12.3 Å². The lowest BCUT2D eigenvalue weighted by molar-refractivity contribution is -0.143. The molecular weight excluding hydrogens is 218 g/mol. The fourth-order valence-electron chi connectivity index (χ4n) is 2.30. The number of ether oxygens (including phenoxy) is 2. The summed E-state index contributed by atoms with van der Waals surface area (Å²) in [4.78, 5) is 15.7. The Morgan fingerprint density at radius 1 is 1.59 bits per heavy atom. The summed E-state index contributed by atoms with van der Waals surface area (Å²) >= 11 is 0. The lowest BCUT2D eigenvalue weighted by Gasteiger charge is -2.11. The molecule has 1 aliphatic carbocycles. The van der Waals surface area contributed by atoms with Gasteiger partial charge in [-0.25, -0.2) is 4.98 Å². The van der Waals surface area contributed by atoms with Gasteiger partial charge in [-0.2, -0.15) is 0 Å². The standard InChI is InChI=1S/C13H17NO3/c1-3-17-13(15)6-9-4-5-10-8-14-12(16-2)7-11(9)10/h7-9H,3-6H2,1-2H3. The molecule has 92 valence electrons. The number of fused-ring (bicyclic) bond motifs is 1. The smallest absolute Gasteiger partial charge is 0.306 e. The van der Waals surface area contributed by atoms with E-state index in [9.17, 15) is 4.79 Å². The molecule has 1 atom stereocenters. The van der Waals surface area contributed by atoms with E-state index in [2.05, 4.69) is 4.98 Å². The Hall–Kier alpha value is -1.58. The lowest BCUT2D eigenvalue weighted by atomic mass is 9.99. The predicted octanol–water partition coefficient (Wildman–Crippen LogP) is 2.07. The van der Waals surface area contributed by atoms with E-state index in [0.717, 1.165) is 12.8 Å². The Morgan fingerprint density at radius 2 is 2.41 bits per heavy atom. The predicted molar refractivity (Wildman–Crippen MR) is 63.1 cm³/mol. The number of hydrogen-bond acceptors (Lipinski definition) is 4. The summed E-state index contributed by atoms with van der Waals surface area (Å²) < 4.78 is 10.1. The summed E-state index contributed by atoms with van der Waals surface area (Å²) in [5, 5.41) is 0. The molecule has 2 rings (SSSR count). The summed E-state index contributed by atoms with van der Waals surface area (Å²) in [7, 11) is 1.60. The number of carbonyl (C=O) groups excluding carboxylic acids is 1. The topological polar surface area (TPSA) is 48.4 Å². The van der Waals surface area contributed by atoms with Gasteiger partial charge in [-0.15, -0.1) is 0 Å². The van der Waals surface area contributed by atoms with Crippen molar-refractivity contribution in [1.29, 1.82) is 0 Å². The highest BCUT2D eigenvalue weighted by Gasteiger charge is 2.26. The number of pyridine rings is 1. The third kappa shape index (κ3) is 2.57. The molecule has 0 aliphatic heterocycles. The van der Waals surface area contributed by atoms with Gasteiger partial charge in [0.05, 0.1) is 20.1 Å². The van der Waals surface area contributed by atoms with Crippen LogP contribution in [0.1, 0.15) is 36.8 Å². The van der Waals surface area contributed by atoms with Crippen LogP contribution in [0.3, 0.4) is 0 Å². The van der Waals surface area contributed by atoms with Crippen molar-refractivity contribution in [3.05, 3.63) is 23.4 Å². The van der Waals surface area contributed by atoms with Crippen molar-refractivity contribution in [3.63, 3.8) is 0 Å². The second-order valence-electron chi connectivity index (χ2n) is 4.17. The molecule has 0 N–H and O–H groups in total. The maximum atomic E-state index is 11.5. The fraction of sp³-hybridized carbons (Fsp3) is 0.538. The first-order chi connectivity index (χ1) is 8.24. The average molecular weight is 235 g/mol. The molecule has 0 saturated carbocycles. The van der Waals surface area contributed by atoms with Crippen molar-refractivity contribution in [2.45, 2.75) is 32.1 Å². The third-order valence-corrected chi connectivity index (χ3v) is 3.13. The summed E-state index contributed by atoms with van der Waals surface area (Å²) in [5.41, 5.74) is 2.41. The van der Waals surface area contributed by atoms with Crippen LogP contribution in [0.5, 0.6) is 5.88 Å². The molecule has 1 aromatic rings. The summed E-state index contributed by atoms with van der Waals surface area (Å²) in [6, 6.07) is 1.94. The van der Waals surface area contributed by atoms with Gasteiger partial charge in [0.1, 0.15) is 0 Å². The fourth-order valence-corrected chi connectivity index (χ4v) is 2.30. The molecule has 0 amide bonds. The second kappa shape index (κ2) is 5.17. The van der Waals surface area contributed by atoms with E-state index in [1.807, 2.05) is 19.2 Å². The van der Waals surface area contributed by atoms with Crippen molar-refractivity contribution in [2.75, 3.05) is 13.7 Å². The monoisotopic (exact) mass is 235 g/mol. The summed E-state index contributed by atoms with van der Waals surface area (Å²) in [5.74, 6) is 0.738. The highest BCUT2D eigenvalue weighted by molar-refractivity contribution is 5.71. The largest absolute Gasteiger partial charge is 0.481 e. The zero-order chi connectivity index (χ0) is 12.3. The van der Waals surface area contributed by atoms with Gasteiger partial charge >= 0.3 is 5.97 Å². The van der Waals surface area contributed by atoms with Gasteiger partial charge in [0, 0.05) is 12.3 Å². The van der Waals surface area contributed by atoms with Crippen LogP contribution in [0.25, 0.3) is 0 Å². The van der Waals surface area contributed by atoms with E-state index in [1.165, 1.54) is 11.1 Å². The van der Waals surface area contributed by atoms with E-state index in [1.54, 1.807) is 7.11 Å². The molecule has 1 aromatic heterocycles. The summed E-state index contributed by atoms with van der Waals surface area (Å²) in [6.07, 6.45) is 4.27. The molecule has 0 aromatic carbocycles. The Morgan fingerprint density at radius 3 is 3.12 bits per heavy atom. The maximum Gasteiger partial charge on any atom is 0.306 e. The first-order valence-corrected chi connectivity index (χ1v) is 5.93. The number of aryl methyl sites for hydroxylation is 1. The van der Waals surface area contributed by atoms with Crippen LogP contribution in [-0.4, -0.2) is 24.7 Å². The number of esters is 1. The van der Waals surface area contributed by atoms with Crippen molar-refractivity contribution in [2.24, 2.45) is 0 Å². The first kappa shape index (κ1) is 11.9. The van der Waals surface area contributed by atoms with Crippen LogP contribution in [-0.2, 0) is 16.0 Å². The molecule has 17 heavy (non-hydrogen) atoms. The van der Waals surface area contributed by atoms with Gasteiger partial charge in [0.15, 0.2) is 0 Å². The Labute approximate surface area is 101 Å². The number of nitrogens with zero attached hydrogens (tertiary/aromatic N) is 1. The molecule has 0 fully saturated rings. The highest BCUT2D eigenvalue weighted by Crippen LogP contribution is 2.36. The van der Waals surface area contributed by atoms with Crippen LogP contribution in [0.2, 0.25) is 0 Å². The van der Waals surface area contributed by atoms with Crippen molar-refractivity contribution in [1.82, 2.24) is 4.98 Å². The number of carbonyl (C=O) groups is 1. The van der Waals surface area contributed by atoms with E-state index in [4.69, 9.17) is 9.47 Å². The Kier molecular flexibility index (Phi) is 3.61. The molecular formula is C13H17NO3. The molecule has 4 nitrogen and oxygen atoms in total. The van der Waals surface area contributed by atoms with Crippen LogP contribution < -0.4 is 4.74 Å². The molecule has 0 radical (unpaired) electrons. The van der Waals surface area contributed by atoms with E-state index < -0.39 is 0 Å². The zero-order valence-corrected chi connectivity index (χ0v) is 10.2. The van der Waals surface area contributed by atoms with Crippen LogP contribution in [0, 0.1) is 0 Å². The minimum absolute atomic E-state index is 0.124. The lowest BCUT2D eigenvalue weighted by Crippen LogP contribution is -2.08. The Balaban J connectivity index is 2.12. The molecule has 0 saturated heterocycles. The van der Waals surface area contributed by atoms with Crippen molar-refractivity contribution in [3.8, 4) is 5.88 Å². The quantitative estimate of drug-likeness (QED) is 0.750. The van der Waals surface area contributed by atoms with Crippen molar-refractivity contribution < 1.29 is 14.3 Å². The van der Waals surface area contributed by atoms with Gasteiger partial charge in [-0.05, 0) is 36.8 Å². The second-order valence-corrected chi connectivity index (χ2v) is 4.17. The van der Waals surface area contributed by atoms with Gasteiger partial charge in [-0.1, -0.05) is 0 Å². The number of rotatable bonds is 4. The molecule has 0 spiro atoms. The van der Waals surface area contributed by atoms with Crippen LogP contribution >= 0.6 is 0 Å². The van der Waals surface area contributed by atoms with E-state index >= 15 is 0 Å². The van der Waals surface area contributed by atoms with Gasteiger partial charge in [-0.3, -0.25) is 4.79 Å². The number of aromatic nitrogens is 1. The minimum atomic E-state index is -0.124. The summed E-state index contributed by atoms with van der Waals surface area (Å²) in [6.45, 7) is 2.27. The number of methoxy groups -OCH3 is 1. The van der Waals surface area contributed by atoms with E-state index in [0.29, 0.717) is 18.9 Å². The molecule has 1 unspecified atom stereocenters. The maximum absolute atomic E-state index is 11.5. The third-order valence-electron chi connectivity index (χ3n) is 3.13. The first-order valence-electron chi connectivity index (χ1n) is 5.93. The van der Waals surface area contributed by atoms with Gasteiger partial charge < -0.3 is 9.47 Å². The van der Waals surface area contributed by atoms with Gasteiger partial charge in [0.2, 0.25) is 5.88 Å². The normalized spacial score (nSPS) is 17.6. The zero-order valence-electron chi connectivity index (χ0n) is 10.2. The molecule has 1 heterocycles. The molecule has 0 bridgehead atoms. The molecule has 4 heteroatoms. The number of hydrogen-bond donors (Lipinski definition) is 0. The van der Waals surface area contributed by atoms with Crippen LogP contribution in [0.4, 0.5) is 0 Å².